The second-order valence-electron chi connectivity index (χ2n) is 7.24. The Kier molecular flexibility index (Phi) is 23.9. The van der Waals surface area contributed by atoms with Crippen LogP contribution >= 0.6 is 0 Å². The van der Waals surface area contributed by atoms with Crippen molar-refractivity contribution >= 4 is 17.9 Å². The summed E-state index contributed by atoms with van der Waals surface area (Å²) in [5.41, 5.74) is 0.881. The summed E-state index contributed by atoms with van der Waals surface area (Å²) in [5.74, 6) is -0.453. The molecule has 180 valence electrons. The minimum atomic E-state index is -0.347. The van der Waals surface area contributed by atoms with Gasteiger partial charge in [-0.1, -0.05) is 52.8 Å². The van der Waals surface area contributed by atoms with Crippen molar-refractivity contribution < 1.29 is 28.6 Å². The average Bonchev–Trinajstić information content (AvgIpc) is 2.73. The Morgan fingerprint density at radius 3 is 1.87 bits per heavy atom. The summed E-state index contributed by atoms with van der Waals surface area (Å²) in [6.45, 7) is 19.4. The van der Waals surface area contributed by atoms with Crippen LogP contribution in [0.25, 0.3) is 0 Å². The molecule has 0 aromatic rings. The molecule has 0 N–H and O–H groups in total. The van der Waals surface area contributed by atoms with Crippen LogP contribution in [0.4, 0.5) is 0 Å². The molecular formula is C24H43NO6. The fourth-order valence-electron chi connectivity index (χ4n) is 1.78. The summed E-state index contributed by atoms with van der Waals surface area (Å²) in [5, 5.41) is 0. The summed E-state index contributed by atoms with van der Waals surface area (Å²) in [7, 11) is 5.18. The molecule has 0 saturated carbocycles. The molecule has 0 heterocycles. The molecule has 0 radical (unpaired) electrons. The van der Waals surface area contributed by atoms with E-state index in [2.05, 4.69) is 38.3 Å². The first kappa shape index (κ1) is 33.2. The highest BCUT2D eigenvalue weighted by Crippen LogP contribution is 2.12. The smallest absolute Gasteiger partial charge is 0.333 e. The lowest BCUT2D eigenvalue weighted by Gasteiger charge is -2.13. The van der Waals surface area contributed by atoms with E-state index in [0.29, 0.717) is 30.3 Å². The standard InChI is InChI=1S/C11H20O2.C8H15NO2.C5H8O2/c1-4-7-8-10(5-2)9-13-11(12)6-3;1-7(2)8(10)11-6-5-9(3)4;1-4(2)5(6)7-3/h6,10H,3-5,7-9H2,1-2H3;1,5-6H2,2-4H3;1H2,2-3H3. The number of ether oxygens (including phenoxy) is 3. The van der Waals surface area contributed by atoms with E-state index in [1.165, 1.54) is 26.0 Å². The van der Waals surface area contributed by atoms with Crippen LogP contribution in [0.5, 0.6) is 0 Å². The number of carbonyl (C=O) groups is 3. The molecule has 0 saturated heterocycles. The largest absolute Gasteiger partial charge is 0.466 e. The Hall–Kier alpha value is -2.41. The first-order valence-corrected chi connectivity index (χ1v) is 10.5. The average molecular weight is 442 g/mol. The van der Waals surface area contributed by atoms with E-state index in [4.69, 9.17) is 9.47 Å². The van der Waals surface area contributed by atoms with E-state index in [1.54, 1.807) is 13.8 Å². The number of esters is 3. The van der Waals surface area contributed by atoms with Crippen LogP contribution in [-0.2, 0) is 28.6 Å². The van der Waals surface area contributed by atoms with Gasteiger partial charge in [0, 0.05) is 23.8 Å². The van der Waals surface area contributed by atoms with Crippen molar-refractivity contribution in [3.05, 3.63) is 37.0 Å². The predicted octanol–water partition coefficient (Wildman–Crippen LogP) is 4.33. The van der Waals surface area contributed by atoms with Gasteiger partial charge in [0.25, 0.3) is 0 Å². The summed E-state index contributed by atoms with van der Waals surface area (Å²) < 4.78 is 14.1. The third-order valence-corrected chi connectivity index (χ3v) is 3.83. The highest BCUT2D eigenvalue weighted by Gasteiger charge is 2.07. The van der Waals surface area contributed by atoms with Crippen molar-refractivity contribution in [3.63, 3.8) is 0 Å². The lowest BCUT2D eigenvalue weighted by atomic mass is 10.0. The molecule has 0 amide bonds. The maximum atomic E-state index is 10.8. The Morgan fingerprint density at radius 2 is 1.55 bits per heavy atom. The van der Waals surface area contributed by atoms with Gasteiger partial charge in [-0.15, -0.1) is 0 Å². The van der Waals surface area contributed by atoms with E-state index in [0.717, 1.165) is 19.4 Å². The quantitative estimate of drug-likeness (QED) is 0.253. The van der Waals surface area contributed by atoms with Gasteiger partial charge in [-0.2, -0.15) is 0 Å². The number of carbonyl (C=O) groups excluding carboxylic acids is 3. The minimum Gasteiger partial charge on any atom is -0.466 e. The fraction of sp³-hybridized carbons (Fsp3) is 0.625. The first-order chi connectivity index (χ1) is 14.5. The first-order valence-electron chi connectivity index (χ1n) is 10.5. The van der Waals surface area contributed by atoms with Crippen LogP contribution in [0.1, 0.15) is 53.4 Å². The number of rotatable bonds is 12. The van der Waals surface area contributed by atoms with Gasteiger partial charge in [-0.25, -0.2) is 14.4 Å². The monoisotopic (exact) mass is 441 g/mol. The highest BCUT2D eigenvalue weighted by atomic mass is 16.5. The van der Waals surface area contributed by atoms with Gasteiger partial charge in [0.05, 0.1) is 13.7 Å². The molecule has 0 aliphatic carbocycles. The lowest BCUT2D eigenvalue weighted by Crippen LogP contribution is -2.20. The molecule has 31 heavy (non-hydrogen) atoms. The number of hydrogen-bond acceptors (Lipinski definition) is 7. The van der Waals surface area contributed by atoms with Gasteiger partial charge in [-0.3, -0.25) is 0 Å². The third-order valence-electron chi connectivity index (χ3n) is 3.83. The molecule has 0 spiro atoms. The Morgan fingerprint density at radius 1 is 1.00 bits per heavy atom. The zero-order valence-corrected chi connectivity index (χ0v) is 20.6. The normalized spacial score (nSPS) is 10.3. The molecule has 1 atom stereocenters. The number of nitrogens with zero attached hydrogens (tertiary/aromatic N) is 1. The van der Waals surface area contributed by atoms with Crippen LogP contribution in [0.15, 0.2) is 37.0 Å². The molecule has 1 unspecified atom stereocenters. The molecule has 0 fully saturated rings. The van der Waals surface area contributed by atoms with Crippen molar-refractivity contribution in [2.75, 3.05) is 41.0 Å². The molecule has 0 aromatic carbocycles. The van der Waals surface area contributed by atoms with E-state index in [9.17, 15) is 14.4 Å². The number of likely N-dealkylation sites (N-methyl/N-ethyl adjacent to an activating group) is 1. The molecule has 7 heteroatoms. The van der Waals surface area contributed by atoms with E-state index in [-0.39, 0.29) is 17.9 Å². The number of methoxy groups -OCH3 is 1. The van der Waals surface area contributed by atoms with Gasteiger partial charge in [0.15, 0.2) is 0 Å². The van der Waals surface area contributed by atoms with Crippen LogP contribution in [-0.4, -0.2) is 63.8 Å². The van der Waals surface area contributed by atoms with Crippen molar-refractivity contribution in [1.29, 1.82) is 0 Å². The van der Waals surface area contributed by atoms with Crippen molar-refractivity contribution in [3.8, 4) is 0 Å². The van der Waals surface area contributed by atoms with Crippen LogP contribution in [0, 0.1) is 5.92 Å². The van der Waals surface area contributed by atoms with Crippen molar-refractivity contribution in [1.82, 2.24) is 4.90 Å². The third kappa shape index (κ3) is 25.6. The van der Waals surface area contributed by atoms with Crippen molar-refractivity contribution in [2.45, 2.75) is 53.4 Å². The second-order valence-corrected chi connectivity index (χ2v) is 7.24. The number of hydrogen-bond donors (Lipinski definition) is 0. The maximum Gasteiger partial charge on any atom is 0.333 e. The van der Waals surface area contributed by atoms with E-state index >= 15 is 0 Å². The molecular weight excluding hydrogens is 398 g/mol. The second kappa shape index (κ2) is 22.3. The predicted molar refractivity (Wildman–Crippen MR) is 126 cm³/mol. The summed E-state index contributed by atoms with van der Waals surface area (Å²) in [4.78, 5) is 33.7. The summed E-state index contributed by atoms with van der Waals surface area (Å²) >= 11 is 0. The zero-order chi connectivity index (χ0) is 24.8. The molecule has 7 nitrogen and oxygen atoms in total. The van der Waals surface area contributed by atoms with Crippen LogP contribution < -0.4 is 0 Å². The molecule has 0 aliphatic rings. The summed E-state index contributed by atoms with van der Waals surface area (Å²) in [6, 6.07) is 0. The topological polar surface area (TPSA) is 82.1 Å². The molecule has 0 bridgehead atoms. The van der Waals surface area contributed by atoms with E-state index in [1.807, 2.05) is 19.0 Å². The fourth-order valence-corrected chi connectivity index (χ4v) is 1.78. The van der Waals surface area contributed by atoms with Crippen LogP contribution in [0.2, 0.25) is 0 Å². The Balaban J connectivity index is -0.000000397. The SMILES string of the molecule is C=C(C)C(=O)OC.C=C(C)C(=O)OCCN(C)C.C=CC(=O)OCC(CC)CCCC. The van der Waals surface area contributed by atoms with Gasteiger partial charge in [0.1, 0.15) is 6.61 Å². The lowest BCUT2D eigenvalue weighted by molar-refractivity contribution is -0.140. The maximum absolute atomic E-state index is 10.8. The Bertz CT molecular complexity index is 554. The number of unbranched alkanes of at least 4 members (excludes halogenated alkanes) is 1. The molecule has 0 aromatic heterocycles. The van der Waals surface area contributed by atoms with Crippen LogP contribution in [0.3, 0.4) is 0 Å². The Labute approximate surface area is 189 Å². The van der Waals surface area contributed by atoms with Gasteiger partial charge in [-0.05, 0) is 40.3 Å². The van der Waals surface area contributed by atoms with Gasteiger partial charge < -0.3 is 19.1 Å². The summed E-state index contributed by atoms with van der Waals surface area (Å²) in [6.07, 6.45) is 5.85. The molecule has 0 rings (SSSR count). The molecule has 0 aliphatic heterocycles. The highest BCUT2D eigenvalue weighted by molar-refractivity contribution is 5.87. The van der Waals surface area contributed by atoms with Gasteiger partial charge >= 0.3 is 17.9 Å². The minimum absolute atomic E-state index is 0.310. The van der Waals surface area contributed by atoms with E-state index < -0.39 is 0 Å². The van der Waals surface area contributed by atoms with Crippen molar-refractivity contribution in [2.24, 2.45) is 5.92 Å². The van der Waals surface area contributed by atoms with Gasteiger partial charge in [0.2, 0.25) is 0 Å². The zero-order valence-electron chi connectivity index (χ0n) is 20.6.